The van der Waals surface area contributed by atoms with Gasteiger partial charge in [0.1, 0.15) is 0 Å². The minimum absolute atomic E-state index is 0. The second-order valence-corrected chi connectivity index (χ2v) is 0.697. The summed E-state index contributed by atoms with van der Waals surface area (Å²) in [6.07, 6.45) is 0. The van der Waals surface area contributed by atoms with Crippen molar-refractivity contribution >= 4 is 34.0 Å². The van der Waals surface area contributed by atoms with Crippen molar-refractivity contribution in [2.24, 2.45) is 0 Å². The van der Waals surface area contributed by atoms with Gasteiger partial charge in [0.15, 0.2) is 0 Å². The van der Waals surface area contributed by atoms with Crippen molar-refractivity contribution in [2.75, 3.05) is 0 Å². The summed E-state index contributed by atoms with van der Waals surface area (Å²) in [7, 11) is 3.47. The van der Waals surface area contributed by atoms with Crippen molar-refractivity contribution in [3.63, 3.8) is 0 Å². The second-order valence-electron chi connectivity index (χ2n) is 0.697. The first-order chi connectivity index (χ1) is 3.00. The zero-order valence-corrected chi connectivity index (χ0v) is 4.46. The largest absolute Gasteiger partial charge is 0.457 e. The Morgan fingerprint density at radius 1 is 0.714 bits per heavy atom. The molecular formula is B3O3Si. The molecule has 0 unspecified atom stereocenters. The van der Waals surface area contributed by atoms with E-state index >= 15 is 0 Å². The maximum atomic E-state index is 4.34. The molecule has 0 aliphatic carbocycles. The van der Waals surface area contributed by atoms with E-state index < -0.39 is 0 Å². The van der Waals surface area contributed by atoms with Crippen LogP contribution in [0.4, 0.5) is 0 Å². The third kappa shape index (κ3) is 2.93. The first kappa shape index (κ1) is 7.29. The summed E-state index contributed by atoms with van der Waals surface area (Å²) in [6, 6.07) is 0. The molecule has 0 spiro atoms. The Kier molecular flexibility index (Phi) is 4.64. The van der Waals surface area contributed by atoms with Gasteiger partial charge in [-0.3, -0.25) is 0 Å². The Morgan fingerprint density at radius 2 is 1.00 bits per heavy atom. The Balaban J connectivity index is 0.000000360. The summed E-state index contributed by atoms with van der Waals surface area (Å²) < 4.78 is 13.0. The SMILES string of the molecule is [B]1O[B]O[B]O1.[Si]. The fourth-order valence-electron chi connectivity index (χ4n) is 0.164. The Bertz CT molecular complexity index is 25.7. The summed E-state index contributed by atoms with van der Waals surface area (Å²) in [5.74, 6) is 0. The summed E-state index contributed by atoms with van der Waals surface area (Å²) in [5.41, 5.74) is 0. The van der Waals surface area contributed by atoms with E-state index in [1.165, 1.54) is 0 Å². The van der Waals surface area contributed by atoms with Crippen LogP contribution in [0.1, 0.15) is 0 Å². The van der Waals surface area contributed by atoms with Crippen molar-refractivity contribution < 1.29 is 13.7 Å². The zero-order chi connectivity index (χ0) is 4.24. The van der Waals surface area contributed by atoms with Crippen LogP contribution in [-0.2, 0) is 13.7 Å². The van der Waals surface area contributed by atoms with Gasteiger partial charge in [0.2, 0.25) is 0 Å². The lowest BCUT2D eigenvalue weighted by atomic mass is 10.1. The van der Waals surface area contributed by atoms with Crippen LogP contribution in [0.5, 0.6) is 0 Å². The summed E-state index contributed by atoms with van der Waals surface area (Å²) in [6.45, 7) is 0. The first-order valence-corrected chi connectivity index (χ1v) is 1.41. The van der Waals surface area contributed by atoms with Gasteiger partial charge >= 0.3 is 23.1 Å². The third-order valence-corrected chi connectivity index (χ3v) is 0.333. The van der Waals surface area contributed by atoms with Gasteiger partial charge in [-0.2, -0.15) is 0 Å². The van der Waals surface area contributed by atoms with Crippen molar-refractivity contribution in [1.82, 2.24) is 0 Å². The molecule has 0 amide bonds. The molecule has 1 aliphatic heterocycles. The van der Waals surface area contributed by atoms with Gasteiger partial charge in [-0.15, -0.1) is 0 Å². The Morgan fingerprint density at radius 3 is 1.14 bits per heavy atom. The van der Waals surface area contributed by atoms with Crippen molar-refractivity contribution in [2.45, 2.75) is 0 Å². The fourth-order valence-corrected chi connectivity index (χ4v) is 0.164. The third-order valence-electron chi connectivity index (χ3n) is 0.333. The van der Waals surface area contributed by atoms with E-state index in [2.05, 4.69) is 13.7 Å². The van der Waals surface area contributed by atoms with Gasteiger partial charge < -0.3 is 13.7 Å². The van der Waals surface area contributed by atoms with Crippen LogP contribution in [-0.4, -0.2) is 34.0 Å². The van der Waals surface area contributed by atoms with Crippen LogP contribution >= 0.6 is 0 Å². The quantitative estimate of drug-likeness (QED) is 0.345. The van der Waals surface area contributed by atoms with Crippen LogP contribution in [0.15, 0.2) is 0 Å². The normalized spacial score (nSPS) is 17.1. The predicted molar refractivity (Wildman–Crippen MR) is 26.3 cm³/mol. The highest BCUT2D eigenvalue weighted by atomic mass is 28.1. The van der Waals surface area contributed by atoms with Gasteiger partial charge in [-0.25, -0.2) is 0 Å². The van der Waals surface area contributed by atoms with E-state index in [-0.39, 0.29) is 11.0 Å². The highest BCUT2D eigenvalue weighted by Crippen LogP contribution is 1.78. The average molecular weight is 109 g/mol. The molecule has 0 saturated carbocycles. The molecule has 1 aliphatic rings. The molecule has 1 fully saturated rings. The van der Waals surface area contributed by atoms with E-state index in [1.54, 1.807) is 0 Å². The van der Waals surface area contributed by atoms with Gasteiger partial charge in [0.25, 0.3) is 0 Å². The highest BCUT2D eigenvalue weighted by Gasteiger charge is 2.05. The number of hydrogen-bond donors (Lipinski definition) is 0. The van der Waals surface area contributed by atoms with E-state index in [9.17, 15) is 0 Å². The van der Waals surface area contributed by atoms with Gasteiger partial charge in [-0.05, 0) is 0 Å². The lowest BCUT2D eigenvalue weighted by Crippen LogP contribution is -2.23. The monoisotopic (exact) mass is 109 g/mol. The zero-order valence-electron chi connectivity index (χ0n) is 3.46. The van der Waals surface area contributed by atoms with Gasteiger partial charge in [0, 0.05) is 11.0 Å². The molecule has 3 nitrogen and oxygen atoms in total. The van der Waals surface area contributed by atoms with Crippen molar-refractivity contribution in [3.8, 4) is 0 Å². The maximum absolute atomic E-state index is 4.34. The van der Waals surface area contributed by atoms with Gasteiger partial charge in [-0.1, -0.05) is 0 Å². The number of rotatable bonds is 0. The molecule has 7 heavy (non-hydrogen) atoms. The second kappa shape index (κ2) is 4.45. The van der Waals surface area contributed by atoms with Gasteiger partial charge in [0.05, 0.1) is 0 Å². The molecule has 1 saturated heterocycles. The van der Waals surface area contributed by atoms with E-state index in [0.717, 1.165) is 23.1 Å². The summed E-state index contributed by atoms with van der Waals surface area (Å²) >= 11 is 0. The molecule has 0 N–H and O–H groups in total. The fraction of sp³-hybridized carbons (Fsp3) is 0. The van der Waals surface area contributed by atoms with Crippen molar-refractivity contribution in [3.05, 3.63) is 0 Å². The van der Waals surface area contributed by atoms with Crippen LogP contribution in [0, 0.1) is 0 Å². The molecule has 1 rings (SSSR count). The minimum atomic E-state index is 0. The summed E-state index contributed by atoms with van der Waals surface area (Å²) in [4.78, 5) is 0. The molecule has 1 heterocycles. The number of hydrogen-bond acceptors (Lipinski definition) is 3. The molecule has 0 bridgehead atoms. The van der Waals surface area contributed by atoms with E-state index in [4.69, 9.17) is 0 Å². The van der Waals surface area contributed by atoms with Crippen LogP contribution in [0.25, 0.3) is 0 Å². The maximum Gasteiger partial charge on any atom is 0.457 e. The minimum Gasteiger partial charge on any atom is -0.457 e. The predicted octanol–water partition coefficient (Wildman–Crippen LogP) is -1.73. The standard InChI is InChI=1S/B3O3.Si/c1-4-2-6-3-5-1;. The molecule has 0 aromatic heterocycles. The van der Waals surface area contributed by atoms with Crippen LogP contribution in [0.2, 0.25) is 0 Å². The van der Waals surface area contributed by atoms with E-state index in [0.29, 0.717) is 0 Å². The smallest absolute Gasteiger partial charge is 0.457 e. The van der Waals surface area contributed by atoms with E-state index in [1.807, 2.05) is 0 Å². The molecule has 0 aromatic carbocycles. The van der Waals surface area contributed by atoms with Crippen LogP contribution in [0.3, 0.4) is 0 Å². The Hall–Kier alpha value is 0.292. The van der Waals surface area contributed by atoms with Crippen LogP contribution < -0.4 is 0 Å². The Labute approximate surface area is 48.7 Å². The molecule has 7 radical (unpaired) electrons. The lowest BCUT2D eigenvalue weighted by molar-refractivity contribution is 0.347. The first-order valence-electron chi connectivity index (χ1n) is 1.41. The molecule has 0 aromatic rings. The molecule has 0 atom stereocenters. The highest BCUT2D eigenvalue weighted by molar-refractivity contribution is 6.50. The summed E-state index contributed by atoms with van der Waals surface area (Å²) in [5, 5.41) is 0. The lowest BCUT2D eigenvalue weighted by Gasteiger charge is -2.05. The molecule has 7 heteroatoms. The average Bonchev–Trinajstić information content (AvgIpc) is 1.72. The topological polar surface area (TPSA) is 27.7 Å². The molecular weight excluding hydrogens is 109 g/mol. The van der Waals surface area contributed by atoms with Crippen molar-refractivity contribution in [1.29, 1.82) is 0 Å². The molecule has 31 valence electrons.